The van der Waals surface area contributed by atoms with Gasteiger partial charge in [-0.1, -0.05) is 17.8 Å². The molecule has 0 aliphatic rings. The van der Waals surface area contributed by atoms with Crippen molar-refractivity contribution in [2.45, 2.75) is 5.16 Å². The van der Waals surface area contributed by atoms with Crippen LogP contribution in [0.25, 0.3) is 27.7 Å². The van der Waals surface area contributed by atoms with Crippen LogP contribution in [0.1, 0.15) is 0 Å². The van der Waals surface area contributed by atoms with E-state index in [9.17, 15) is 14.0 Å². The van der Waals surface area contributed by atoms with Gasteiger partial charge in [-0.25, -0.2) is 19.3 Å². The van der Waals surface area contributed by atoms with Crippen LogP contribution in [0.4, 0.5) is 4.39 Å². The molecule has 0 amide bonds. The number of aromatic nitrogens is 4. The molecule has 2 aromatic heterocycles. The third kappa shape index (κ3) is 3.85. The van der Waals surface area contributed by atoms with Crippen molar-refractivity contribution in [3.8, 4) is 16.8 Å². The summed E-state index contributed by atoms with van der Waals surface area (Å²) in [6.45, 7) is 0. The number of aliphatic carboxylic acids is 1. The zero-order valence-electron chi connectivity index (χ0n) is 14.8. The first-order valence-electron chi connectivity index (χ1n) is 8.45. The average Bonchev–Trinajstić information content (AvgIpc) is 2.73. The fourth-order valence-electron chi connectivity index (χ4n) is 2.83. The minimum atomic E-state index is -1.04. The number of fused-ring (bicyclic) bond motifs is 1. The Balaban J connectivity index is 1.92. The summed E-state index contributed by atoms with van der Waals surface area (Å²) in [5.41, 5.74) is 1.99. The molecule has 2 aromatic carbocycles. The van der Waals surface area contributed by atoms with Crippen LogP contribution in [-0.2, 0) is 4.79 Å². The minimum absolute atomic E-state index is 0.206. The van der Waals surface area contributed by atoms with Gasteiger partial charge in [-0.05, 0) is 42.0 Å². The van der Waals surface area contributed by atoms with Gasteiger partial charge in [-0.2, -0.15) is 0 Å². The third-order valence-electron chi connectivity index (χ3n) is 4.14. The molecule has 1 N–H and O–H groups in total. The number of carbonyl (C=O) groups is 1. The Hall–Kier alpha value is -3.59. The fourth-order valence-corrected chi connectivity index (χ4v) is 3.57. The minimum Gasteiger partial charge on any atom is -0.481 e. The summed E-state index contributed by atoms with van der Waals surface area (Å²) in [6, 6.07) is 10.5. The molecule has 0 atom stereocenters. The second-order valence-electron chi connectivity index (χ2n) is 6.05. The van der Waals surface area contributed by atoms with E-state index in [1.807, 2.05) is 0 Å². The summed E-state index contributed by atoms with van der Waals surface area (Å²) in [4.78, 5) is 36.7. The Morgan fingerprint density at radius 2 is 1.79 bits per heavy atom. The first-order valence-corrected chi connectivity index (χ1v) is 9.44. The zero-order valence-corrected chi connectivity index (χ0v) is 15.6. The topological polar surface area (TPSA) is 98.0 Å². The van der Waals surface area contributed by atoms with Crippen molar-refractivity contribution in [2.75, 3.05) is 5.75 Å². The third-order valence-corrected chi connectivity index (χ3v) is 5.07. The van der Waals surface area contributed by atoms with Crippen molar-refractivity contribution in [1.82, 2.24) is 19.5 Å². The predicted molar refractivity (Wildman–Crippen MR) is 107 cm³/mol. The van der Waals surface area contributed by atoms with Gasteiger partial charge < -0.3 is 5.11 Å². The maximum atomic E-state index is 13.3. The van der Waals surface area contributed by atoms with E-state index in [0.717, 1.165) is 22.9 Å². The Labute approximate surface area is 167 Å². The van der Waals surface area contributed by atoms with Crippen molar-refractivity contribution < 1.29 is 14.3 Å². The number of carboxylic acid groups (broad SMARTS) is 1. The molecule has 144 valence electrons. The molecule has 0 radical (unpaired) electrons. The van der Waals surface area contributed by atoms with Gasteiger partial charge in [-0.3, -0.25) is 14.2 Å². The number of rotatable bonds is 5. The van der Waals surface area contributed by atoms with E-state index in [1.54, 1.807) is 30.6 Å². The van der Waals surface area contributed by atoms with Crippen LogP contribution in [0.15, 0.2) is 71.1 Å². The Kier molecular flexibility index (Phi) is 5.05. The van der Waals surface area contributed by atoms with E-state index in [-0.39, 0.29) is 16.5 Å². The summed E-state index contributed by atoms with van der Waals surface area (Å²) >= 11 is 0.919. The highest BCUT2D eigenvalue weighted by Gasteiger charge is 2.15. The van der Waals surface area contributed by atoms with Gasteiger partial charge in [0.1, 0.15) is 12.1 Å². The molecule has 4 aromatic rings. The van der Waals surface area contributed by atoms with E-state index in [4.69, 9.17) is 5.11 Å². The zero-order chi connectivity index (χ0) is 20.4. The molecule has 4 rings (SSSR count). The molecule has 0 fully saturated rings. The number of hydrogen-bond acceptors (Lipinski definition) is 6. The molecule has 0 aliphatic heterocycles. The second kappa shape index (κ2) is 7.80. The molecule has 7 nitrogen and oxygen atoms in total. The van der Waals surface area contributed by atoms with E-state index in [0.29, 0.717) is 16.6 Å². The number of carboxylic acids is 1. The molecule has 0 saturated heterocycles. The van der Waals surface area contributed by atoms with Crippen LogP contribution < -0.4 is 5.56 Å². The lowest BCUT2D eigenvalue weighted by Crippen LogP contribution is -2.22. The van der Waals surface area contributed by atoms with E-state index >= 15 is 0 Å². The average molecular weight is 408 g/mol. The Morgan fingerprint density at radius 1 is 1.07 bits per heavy atom. The van der Waals surface area contributed by atoms with Gasteiger partial charge in [0.15, 0.2) is 5.16 Å². The molecular formula is C20H13FN4O3S. The molecule has 29 heavy (non-hydrogen) atoms. The van der Waals surface area contributed by atoms with Crippen LogP contribution in [0, 0.1) is 5.82 Å². The first kappa shape index (κ1) is 18.8. The Morgan fingerprint density at radius 3 is 2.48 bits per heavy atom. The lowest BCUT2D eigenvalue weighted by atomic mass is 10.1. The molecule has 9 heteroatoms. The quantitative estimate of drug-likeness (QED) is 0.400. The van der Waals surface area contributed by atoms with Crippen LogP contribution in [0.5, 0.6) is 0 Å². The molecule has 0 aliphatic carbocycles. The first-order chi connectivity index (χ1) is 14.0. The number of thioether (sulfide) groups is 1. The summed E-state index contributed by atoms with van der Waals surface area (Å²) < 4.78 is 14.6. The van der Waals surface area contributed by atoms with E-state index < -0.39 is 11.8 Å². The SMILES string of the molecule is O=C(O)CSc1nc2cc(-c3cncnc3)ccc2c(=O)n1-c1ccc(F)cc1. The van der Waals surface area contributed by atoms with Crippen LogP contribution in [0.3, 0.4) is 0 Å². The van der Waals surface area contributed by atoms with Crippen LogP contribution >= 0.6 is 11.8 Å². The number of benzene rings is 2. The predicted octanol–water partition coefficient (Wildman–Crippen LogP) is 3.16. The van der Waals surface area contributed by atoms with E-state index in [2.05, 4.69) is 15.0 Å². The molecule has 0 spiro atoms. The van der Waals surface area contributed by atoms with Crippen molar-refractivity contribution in [3.63, 3.8) is 0 Å². The van der Waals surface area contributed by atoms with Gasteiger partial charge in [0.05, 0.1) is 22.3 Å². The normalized spacial score (nSPS) is 10.9. The van der Waals surface area contributed by atoms with Crippen molar-refractivity contribution in [2.24, 2.45) is 0 Å². The molecule has 0 saturated carbocycles. The van der Waals surface area contributed by atoms with Gasteiger partial charge >= 0.3 is 5.97 Å². The summed E-state index contributed by atoms with van der Waals surface area (Å²) in [5.74, 6) is -1.75. The van der Waals surface area contributed by atoms with Crippen molar-refractivity contribution in [3.05, 3.63) is 77.4 Å². The maximum Gasteiger partial charge on any atom is 0.313 e. The van der Waals surface area contributed by atoms with Crippen LogP contribution in [0.2, 0.25) is 0 Å². The lowest BCUT2D eigenvalue weighted by Gasteiger charge is -2.13. The molecule has 2 heterocycles. The smallest absolute Gasteiger partial charge is 0.313 e. The summed E-state index contributed by atoms with van der Waals surface area (Å²) in [6.07, 6.45) is 4.72. The molecule has 0 bridgehead atoms. The largest absolute Gasteiger partial charge is 0.481 e. The molecular weight excluding hydrogens is 395 g/mol. The summed E-state index contributed by atoms with van der Waals surface area (Å²) in [7, 11) is 0. The number of hydrogen-bond donors (Lipinski definition) is 1. The van der Waals surface area contributed by atoms with Gasteiger partial charge in [0, 0.05) is 18.0 Å². The fraction of sp³-hybridized carbons (Fsp3) is 0.0500. The Bertz CT molecular complexity index is 1260. The highest BCUT2D eigenvalue weighted by Crippen LogP contribution is 2.25. The highest BCUT2D eigenvalue weighted by molar-refractivity contribution is 7.99. The highest BCUT2D eigenvalue weighted by atomic mass is 32.2. The summed E-state index contributed by atoms with van der Waals surface area (Å²) in [5, 5.41) is 9.61. The van der Waals surface area contributed by atoms with Crippen molar-refractivity contribution >= 4 is 28.6 Å². The van der Waals surface area contributed by atoms with Crippen molar-refractivity contribution in [1.29, 1.82) is 0 Å². The molecule has 0 unspecified atom stereocenters. The van der Waals surface area contributed by atoms with Gasteiger partial charge in [-0.15, -0.1) is 0 Å². The van der Waals surface area contributed by atoms with Crippen LogP contribution in [-0.4, -0.2) is 36.3 Å². The van der Waals surface area contributed by atoms with Gasteiger partial charge in [0.2, 0.25) is 0 Å². The monoisotopic (exact) mass is 408 g/mol. The number of halogens is 1. The maximum absolute atomic E-state index is 13.3. The van der Waals surface area contributed by atoms with Gasteiger partial charge in [0.25, 0.3) is 5.56 Å². The second-order valence-corrected chi connectivity index (χ2v) is 7.00. The lowest BCUT2D eigenvalue weighted by molar-refractivity contribution is -0.133. The van der Waals surface area contributed by atoms with E-state index in [1.165, 1.54) is 35.2 Å². The number of nitrogens with zero attached hydrogens (tertiary/aromatic N) is 4. The standard InChI is InChI=1S/C20H13FN4O3S/c21-14-2-4-15(5-3-14)25-19(28)16-6-1-12(13-8-22-11-23-9-13)7-17(16)24-20(25)29-10-18(26)27/h1-9,11H,10H2,(H,26,27).